The Bertz CT molecular complexity index is 240. The fraction of sp³-hybridized carbons (Fsp3) is 0. The van der Waals surface area contributed by atoms with Gasteiger partial charge < -0.3 is 10.0 Å². The van der Waals surface area contributed by atoms with E-state index in [1.165, 1.54) is 12.1 Å². The van der Waals surface area contributed by atoms with Crippen molar-refractivity contribution < 1.29 is 14.4 Å². The Morgan fingerprint density at radius 1 is 1.42 bits per heavy atom. The smallest absolute Gasteiger partial charge is 0.430 e. The fourth-order valence-corrected chi connectivity index (χ4v) is 0.634. The maximum atomic E-state index is 12.3. The van der Waals surface area contributed by atoms with Gasteiger partial charge >= 0.3 is 7.69 Å². The van der Waals surface area contributed by atoms with Gasteiger partial charge in [0.25, 0.3) is 0 Å². The van der Waals surface area contributed by atoms with Crippen LogP contribution < -0.4 is 0 Å². The Balaban J connectivity index is 0.000000354. The van der Waals surface area contributed by atoms with E-state index >= 15 is 0 Å². The number of hydrogen-bond acceptors (Lipinski definition) is 2. The van der Waals surface area contributed by atoms with Crippen molar-refractivity contribution >= 4 is 13.8 Å². The second kappa shape index (κ2) is 6.58. The van der Waals surface area contributed by atoms with Gasteiger partial charge in [-0.1, -0.05) is 24.8 Å². The van der Waals surface area contributed by atoms with E-state index in [0.29, 0.717) is 0 Å². The normalized spacial score (nSPS) is 7.92. The Kier molecular flexibility index (Phi) is 5.96. The van der Waals surface area contributed by atoms with Crippen molar-refractivity contribution in [2.45, 2.75) is 0 Å². The predicted octanol–water partition coefficient (Wildman–Crippen LogP) is 0.706. The minimum absolute atomic E-state index is 0.215. The first-order valence-electron chi connectivity index (χ1n) is 3.34. The molecular weight excluding hydrogens is 158 g/mol. The Labute approximate surface area is 71.3 Å². The summed E-state index contributed by atoms with van der Waals surface area (Å²) in [4.78, 5) is 0. The SMILES string of the molecule is C=Cc1cccc(F)c1.OBO. The molecule has 0 atom stereocenters. The average molecular weight is 168 g/mol. The second-order valence-electron chi connectivity index (χ2n) is 1.90. The van der Waals surface area contributed by atoms with Gasteiger partial charge in [-0.3, -0.25) is 0 Å². The van der Waals surface area contributed by atoms with E-state index in [-0.39, 0.29) is 5.82 Å². The molecule has 12 heavy (non-hydrogen) atoms. The van der Waals surface area contributed by atoms with Crippen LogP contribution in [0.1, 0.15) is 5.56 Å². The molecule has 0 fully saturated rings. The lowest BCUT2D eigenvalue weighted by Gasteiger charge is -1.89. The molecule has 0 aliphatic rings. The van der Waals surface area contributed by atoms with E-state index in [9.17, 15) is 4.39 Å². The van der Waals surface area contributed by atoms with Gasteiger partial charge in [-0.15, -0.1) is 0 Å². The molecule has 0 saturated carbocycles. The molecule has 2 N–H and O–H groups in total. The average Bonchev–Trinajstić information content (AvgIpc) is 2.06. The summed E-state index contributed by atoms with van der Waals surface area (Å²) in [7, 11) is -0.750. The summed E-state index contributed by atoms with van der Waals surface area (Å²) in [6.07, 6.45) is 1.61. The molecule has 0 saturated heterocycles. The van der Waals surface area contributed by atoms with Gasteiger partial charge in [0.1, 0.15) is 5.82 Å². The topological polar surface area (TPSA) is 40.5 Å². The third-order valence-electron chi connectivity index (χ3n) is 1.08. The number of halogens is 1. The molecule has 0 heterocycles. The first kappa shape index (κ1) is 10.9. The fourth-order valence-electron chi connectivity index (χ4n) is 0.634. The predicted molar refractivity (Wildman–Crippen MR) is 48.1 cm³/mol. The van der Waals surface area contributed by atoms with E-state index < -0.39 is 7.69 Å². The summed E-state index contributed by atoms with van der Waals surface area (Å²) >= 11 is 0. The maximum absolute atomic E-state index is 12.3. The van der Waals surface area contributed by atoms with Crippen LogP contribution >= 0.6 is 0 Å². The van der Waals surface area contributed by atoms with Gasteiger partial charge in [-0.05, 0) is 17.7 Å². The van der Waals surface area contributed by atoms with E-state index in [0.717, 1.165) is 5.56 Å². The summed E-state index contributed by atoms with van der Waals surface area (Å²) in [5.74, 6) is -0.215. The van der Waals surface area contributed by atoms with Crippen LogP contribution in [0, 0.1) is 5.82 Å². The Morgan fingerprint density at radius 3 is 2.33 bits per heavy atom. The Morgan fingerprint density at radius 2 is 2.00 bits per heavy atom. The maximum Gasteiger partial charge on any atom is 0.432 e. The monoisotopic (exact) mass is 168 g/mol. The van der Waals surface area contributed by atoms with Crippen molar-refractivity contribution in [3.05, 3.63) is 42.2 Å². The molecule has 4 heteroatoms. The molecule has 0 aliphatic heterocycles. The van der Waals surface area contributed by atoms with Crippen molar-refractivity contribution in [2.24, 2.45) is 0 Å². The summed E-state index contributed by atoms with van der Waals surface area (Å²) < 4.78 is 12.3. The highest BCUT2D eigenvalue weighted by atomic mass is 19.1. The van der Waals surface area contributed by atoms with E-state index in [1.807, 2.05) is 0 Å². The molecule has 2 nitrogen and oxygen atoms in total. The van der Waals surface area contributed by atoms with Crippen molar-refractivity contribution in [1.29, 1.82) is 0 Å². The third-order valence-corrected chi connectivity index (χ3v) is 1.08. The summed E-state index contributed by atoms with van der Waals surface area (Å²) in [6.45, 7) is 3.51. The van der Waals surface area contributed by atoms with Crippen LogP contribution in [-0.4, -0.2) is 17.7 Å². The minimum atomic E-state index is -0.750. The molecule has 0 spiro atoms. The molecular formula is C8H10BFO2. The number of benzene rings is 1. The number of rotatable bonds is 1. The van der Waals surface area contributed by atoms with Crippen molar-refractivity contribution in [3.8, 4) is 0 Å². The first-order valence-corrected chi connectivity index (χ1v) is 3.34. The van der Waals surface area contributed by atoms with Gasteiger partial charge in [-0.2, -0.15) is 0 Å². The summed E-state index contributed by atoms with van der Waals surface area (Å²) in [5, 5.41) is 14.2. The lowest BCUT2D eigenvalue weighted by Crippen LogP contribution is -1.75. The van der Waals surface area contributed by atoms with Crippen molar-refractivity contribution in [1.82, 2.24) is 0 Å². The van der Waals surface area contributed by atoms with Gasteiger partial charge in [0.15, 0.2) is 0 Å². The van der Waals surface area contributed by atoms with E-state index in [1.54, 1.807) is 18.2 Å². The lowest BCUT2D eigenvalue weighted by molar-refractivity contribution is 0.448. The van der Waals surface area contributed by atoms with E-state index in [2.05, 4.69) is 6.58 Å². The molecule has 0 bridgehead atoms. The van der Waals surface area contributed by atoms with Crippen LogP contribution in [0.3, 0.4) is 0 Å². The molecule has 0 aliphatic carbocycles. The molecule has 0 aromatic heterocycles. The van der Waals surface area contributed by atoms with Gasteiger partial charge in [0.05, 0.1) is 0 Å². The zero-order valence-electron chi connectivity index (χ0n) is 6.57. The van der Waals surface area contributed by atoms with Crippen LogP contribution in [-0.2, 0) is 0 Å². The van der Waals surface area contributed by atoms with Crippen LogP contribution in [0.2, 0.25) is 0 Å². The third kappa shape index (κ3) is 4.65. The zero-order valence-corrected chi connectivity index (χ0v) is 6.57. The summed E-state index contributed by atoms with van der Waals surface area (Å²) in [6, 6.07) is 6.31. The van der Waals surface area contributed by atoms with Crippen LogP contribution in [0.5, 0.6) is 0 Å². The Hall–Kier alpha value is -1.13. The molecule has 0 unspecified atom stereocenters. The lowest BCUT2D eigenvalue weighted by atomic mass is 10.2. The second-order valence-corrected chi connectivity index (χ2v) is 1.90. The van der Waals surface area contributed by atoms with Crippen molar-refractivity contribution in [2.75, 3.05) is 0 Å². The van der Waals surface area contributed by atoms with Gasteiger partial charge in [0.2, 0.25) is 0 Å². The van der Waals surface area contributed by atoms with Crippen LogP contribution in [0.4, 0.5) is 4.39 Å². The highest BCUT2D eigenvalue weighted by Crippen LogP contribution is 2.03. The zero-order chi connectivity index (χ0) is 9.40. The summed E-state index contributed by atoms with van der Waals surface area (Å²) in [5.41, 5.74) is 0.815. The van der Waals surface area contributed by atoms with Crippen LogP contribution in [0.15, 0.2) is 30.8 Å². The highest BCUT2D eigenvalue weighted by Gasteiger charge is 1.86. The molecule has 1 aromatic carbocycles. The minimum Gasteiger partial charge on any atom is -0.430 e. The molecule has 0 radical (unpaired) electrons. The standard InChI is InChI=1S/C8H7F.BH3O2/c1-2-7-4-3-5-8(9)6-7;2-1-3/h2-6H,1H2;1-3H. The van der Waals surface area contributed by atoms with Crippen molar-refractivity contribution in [3.63, 3.8) is 0 Å². The van der Waals surface area contributed by atoms with E-state index in [4.69, 9.17) is 10.0 Å². The molecule has 1 aromatic rings. The van der Waals surface area contributed by atoms with Gasteiger partial charge in [0, 0.05) is 0 Å². The highest BCUT2D eigenvalue weighted by molar-refractivity contribution is 6.13. The first-order chi connectivity index (χ1) is 5.74. The molecule has 64 valence electrons. The largest absolute Gasteiger partial charge is 0.432 e. The van der Waals surface area contributed by atoms with Crippen LogP contribution in [0.25, 0.3) is 6.08 Å². The quantitative estimate of drug-likeness (QED) is 0.606. The molecule has 1 rings (SSSR count). The van der Waals surface area contributed by atoms with Gasteiger partial charge in [-0.25, -0.2) is 4.39 Å². The number of hydrogen-bond donors (Lipinski definition) is 2. The molecule has 0 amide bonds.